The zero-order valence-corrected chi connectivity index (χ0v) is 11.2. The van der Waals surface area contributed by atoms with Crippen LogP contribution in [0.3, 0.4) is 0 Å². The summed E-state index contributed by atoms with van der Waals surface area (Å²) < 4.78 is 1.91. The molecule has 1 N–H and O–H groups in total. The highest BCUT2D eigenvalue weighted by Gasteiger charge is 2.25. The monoisotopic (exact) mass is 235 g/mol. The molecule has 0 spiro atoms. The Bertz CT molecular complexity index is 326. The van der Waals surface area contributed by atoms with Gasteiger partial charge in [0.25, 0.3) is 0 Å². The van der Waals surface area contributed by atoms with Gasteiger partial charge in [0.05, 0.1) is 5.69 Å². The second-order valence-corrected chi connectivity index (χ2v) is 5.30. The molecule has 17 heavy (non-hydrogen) atoms. The minimum atomic E-state index is 0.771. The summed E-state index contributed by atoms with van der Waals surface area (Å²) in [6.45, 7) is 4.41. The molecule has 3 nitrogen and oxygen atoms in total. The van der Waals surface area contributed by atoms with Gasteiger partial charge in [0.1, 0.15) is 0 Å². The van der Waals surface area contributed by atoms with E-state index in [0.717, 1.165) is 31.3 Å². The van der Waals surface area contributed by atoms with Crippen LogP contribution in [-0.4, -0.2) is 22.9 Å². The van der Waals surface area contributed by atoms with Crippen molar-refractivity contribution in [3.63, 3.8) is 0 Å². The molecule has 3 heteroatoms. The van der Waals surface area contributed by atoms with Gasteiger partial charge in [0, 0.05) is 13.2 Å². The fourth-order valence-corrected chi connectivity index (χ4v) is 3.00. The molecule has 1 unspecified atom stereocenters. The van der Waals surface area contributed by atoms with Crippen LogP contribution >= 0.6 is 0 Å². The summed E-state index contributed by atoms with van der Waals surface area (Å²) in [5.41, 5.74) is 1.25. The predicted molar refractivity (Wildman–Crippen MR) is 70.9 cm³/mol. The quantitative estimate of drug-likeness (QED) is 0.820. The molecule has 1 atom stereocenters. The van der Waals surface area contributed by atoms with Gasteiger partial charge in [-0.2, -0.15) is 5.10 Å². The molecule has 1 aromatic heterocycles. The Morgan fingerprint density at radius 2 is 2.24 bits per heavy atom. The zero-order chi connectivity index (χ0) is 12.1. The van der Waals surface area contributed by atoms with E-state index in [1.165, 1.54) is 31.4 Å². The molecule has 0 aromatic carbocycles. The van der Waals surface area contributed by atoms with E-state index in [4.69, 9.17) is 0 Å². The van der Waals surface area contributed by atoms with Gasteiger partial charge < -0.3 is 5.32 Å². The largest absolute Gasteiger partial charge is 0.317 e. The summed E-state index contributed by atoms with van der Waals surface area (Å²) in [6.07, 6.45) is 8.88. The summed E-state index contributed by atoms with van der Waals surface area (Å²) in [4.78, 5) is 0. The Morgan fingerprint density at radius 1 is 1.47 bits per heavy atom. The van der Waals surface area contributed by atoms with Gasteiger partial charge in [-0.3, -0.25) is 4.68 Å². The number of hydrogen-bond acceptors (Lipinski definition) is 2. The molecule has 0 amide bonds. The number of aryl methyl sites for hydroxylation is 1. The first kappa shape index (κ1) is 12.6. The topological polar surface area (TPSA) is 29.9 Å². The van der Waals surface area contributed by atoms with Crippen LogP contribution in [0, 0.1) is 11.8 Å². The fourth-order valence-electron chi connectivity index (χ4n) is 3.00. The first-order valence-electron chi connectivity index (χ1n) is 6.99. The number of hydrogen-bond donors (Lipinski definition) is 1. The molecule has 0 bridgehead atoms. The van der Waals surface area contributed by atoms with Gasteiger partial charge in [-0.1, -0.05) is 32.6 Å². The average molecular weight is 235 g/mol. The maximum atomic E-state index is 4.52. The molecule has 1 aromatic rings. The molecule has 1 heterocycles. The summed E-state index contributed by atoms with van der Waals surface area (Å²) >= 11 is 0. The van der Waals surface area contributed by atoms with Crippen LogP contribution in [0.5, 0.6) is 0 Å². The van der Waals surface area contributed by atoms with Crippen molar-refractivity contribution in [2.45, 2.75) is 39.0 Å². The third-order valence-electron chi connectivity index (χ3n) is 3.96. The molecule has 0 aliphatic heterocycles. The number of aromatic nitrogens is 2. The van der Waals surface area contributed by atoms with Crippen molar-refractivity contribution in [1.29, 1.82) is 0 Å². The predicted octanol–water partition coefficient (Wildman–Crippen LogP) is 2.38. The molecule has 1 saturated carbocycles. The van der Waals surface area contributed by atoms with Crippen LogP contribution in [0.1, 0.15) is 38.3 Å². The average Bonchev–Trinajstić information content (AvgIpc) is 2.95. The SMILES string of the molecule is CCNCC(Cc1ccn(C)n1)C1CCCC1. The summed E-state index contributed by atoms with van der Waals surface area (Å²) in [5, 5.41) is 8.04. The Labute approximate surface area is 105 Å². The third-order valence-corrected chi connectivity index (χ3v) is 3.96. The van der Waals surface area contributed by atoms with E-state index >= 15 is 0 Å². The van der Waals surface area contributed by atoms with Crippen LogP contribution in [0.15, 0.2) is 12.3 Å². The zero-order valence-electron chi connectivity index (χ0n) is 11.2. The minimum absolute atomic E-state index is 0.771. The van der Waals surface area contributed by atoms with Gasteiger partial charge in [-0.05, 0) is 37.4 Å². The van der Waals surface area contributed by atoms with E-state index in [0.29, 0.717) is 0 Å². The Balaban J connectivity index is 1.94. The maximum Gasteiger partial charge on any atom is 0.0627 e. The highest BCUT2D eigenvalue weighted by molar-refractivity contribution is 5.01. The minimum Gasteiger partial charge on any atom is -0.317 e. The lowest BCUT2D eigenvalue weighted by Crippen LogP contribution is -2.29. The van der Waals surface area contributed by atoms with Crippen LogP contribution in [0.2, 0.25) is 0 Å². The molecule has 1 aliphatic rings. The first-order chi connectivity index (χ1) is 8.29. The molecule has 2 rings (SSSR count). The van der Waals surface area contributed by atoms with Crippen molar-refractivity contribution in [1.82, 2.24) is 15.1 Å². The van der Waals surface area contributed by atoms with Crippen molar-refractivity contribution >= 4 is 0 Å². The van der Waals surface area contributed by atoms with E-state index in [-0.39, 0.29) is 0 Å². The normalized spacial score (nSPS) is 18.7. The number of rotatable bonds is 6. The van der Waals surface area contributed by atoms with E-state index in [2.05, 4.69) is 23.4 Å². The molecular weight excluding hydrogens is 210 g/mol. The van der Waals surface area contributed by atoms with Crippen LogP contribution in [-0.2, 0) is 13.5 Å². The van der Waals surface area contributed by atoms with E-state index in [9.17, 15) is 0 Å². The second-order valence-electron chi connectivity index (χ2n) is 5.30. The molecule has 1 fully saturated rings. The lowest BCUT2D eigenvalue weighted by Gasteiger charge is -2.22. The Kier molecular flexibility index (Phi) is 4.60. The highest BCUT2D eigenvalue weighted by Crippen LogP contribution is 2.32. The van der Waals surface area contributed by atoms with Crippen LogP contribution < -0.4 is 5.32 Å². The van der Waals surface area contributed by atoms with Crippen molar-refractivity contribution in [3.05, 3.63) is 18.0 Å². The van der Waals surface area contributed by atoms with Crippen molar-refractivity contribution in [2.24, 2.45) is 18.9 Å². The van der Waals surface area contributed by atoms with Crippen molar-refractivity contribution in [3.8, 4) is 0 Å². The summed E-state index contributed by atoms with van der Waals surface area (Å²) in [6, 6.07) is 2.16. The second kappa shape index (κ2) is 6.20. The van der Waals surface area contributed by atoms with Gasteiger partial charge in [0.2, 0.25) is 0 Å². The molecule has 0 saturated heterocycles. The van der Waals surface area contributed by atoms with Gasteiger partial charge in [0.15, 0.2) is 0 Å². The molecule has 96 valence electrons. The highest BCUT2D eigenvalue weighted by atomic mass is 15.2. The number of nitrogens with zero attached hydrogens (tertiary/aromatic N) is 2. The lowest BCUT2D eigenvalue weighted by atomic mass is 9.87. The third kappa shape index (κ3) is 3.56. The molecule has 1 aliphatic carbocycles. The Morgan fingerprint density at radius 3 is 2.82 bits per heavy atom. The van der Waals surface area contributed by atoms with E-state index < -0.39 is 0 Å². The number of nitrogens with one attached hydrogen (secondary N) is 1. The maximum absolute atomic E-state index is 4.52. The molecule has 0 radical (unpaired) electrons. The smallest absolute Gasteiger partial charge is 0.0627 e. The van der Waals surface area contributed by atoms with Gasteiger partial charge in [-0.15, -0.1) is 0 Å². The van der Waals surface area contributed by atoms with Gasteiger partial charge in [-0.25, -0.2) is 0 Å². The lowest BCUT2D eigenvalue weighted by molar-refractivity contribution is 0.320. The van der Waals surface area contributed by atoms with Crippen LogP contribution in [0.25, 0.3) is 0 Å². The standard InChI is InChI=1S/C14H25N3/c1-3-15-11-13(12-6-4-5-7-12)10-14-8-9-17(2)16-14/h8-9,12-13,15H,3-7,10-11H2,1-2H3. The van der Waals surface area contributed by atoms with Crippen molar-refractivity contribution < 1.29 is 0 Å². The summed E-state index contributed by atoms with van der Waals surface area (Å²) in [5.74, 6) is 1.68. The van der Waals surface area contributed by atoms with Crippen molar-refractivity contribution in [2.75, 3.05) is 13.1 Å². The summed E-state index contributed by atoms with van der Waals surface area (Å²) in [7, 11) is 2.00. The fraction of sp³-hybridized carbons (Fsp3) is 0.786. The van der Waals surface area contributed by atoms with E-state index in [1.54, 1.807) is 0 Å². The first-order valence-corrected chi connectivity index (χ1v) is 6.99. The van der Waals surface area contributed by atoms with Crippen LogP contribution in [0.4, 0.5) is 0 Å². The van der Waals surface area contributed by atoms with Gasteiger partial charge >= 0.3 is 0 Å². The van der Waals surface area contributed by atoms with E-state index in [1.807, 2.05) is 17.9 Å². The molecular formula is C14H25N3. The Hall–Kier alpha value is -0.830.